The van der Waals surface area contributed by atoms with E-state index in [4.69, 9.17) is 33.0 Å². The molecule has 1 rings (SSSR count). The van der Waals surface area contributed by atoms with Gasteiger partial charge < -0.3 is 9.79 Å². The van der Waals surface area contributed by atoms with Crippen LogP contribution in [-0.2, 0) is 4.57 Å². The molecule has 1 aromatic carbocycles. The van der Waals surface area contributed by atoms with Crippen LogP contribution in [0.3, 0.4) is 0 Å². The van der Waals surface area contributed by atoms with Gasteiger partial charge in [-0.05, 0) is 18.2 Å². The minimum atomic E-state index is -4.36. The first-order chi connectivity index (χ1) is 6.79. The van der Waals surface area contributed by atoms with E-state index in [1.165, 1.54) is 18.2 Å². The number of hydrogen-bond acceptors (Lipinski definition) is 2. The molecule has 0 aliphatic heterocycles. The van der Waals surface area contributed by atoms with Gasteiger partial charge in [0.1, 0.15) is 6.16 Å². The van der Waals surface area contributed by atoms with Crippen LogP contribution in [0.2, 0.25) is 10.0 Å². The molecule has 0 atom stereocenters. The van der Waals surface area contributed by atoms with E-state index in [1.807, 2.05) is 0 Å². The Morgan fingerprint density at radius 3 is 2.40 bits per heavy atom. The first-order valence-corrected chi connectivity index (χ1v) is 6.38. The van der Waals surface area contributed by atoms with Crippen molar-refractivity contribution in [2.75, 3.05) is 6.16 Å². The molecule has 0 saturated carbocycles. The van der Waals surface area contributed by atoms with Crippen molar-refractivity contribution in [2.45, 2.75) is 0 Å². The van der Waals surface area contributed by atoms with Crippen molar-refractivity contribution in [1.82, 2.24) is 0 Å². The van der Waals surface area contributed by atoms with Crippen molar-refractivity contribution in [2.24, 2.45) is 0 Å². The molecule has 82 valence electrons. The number of carbonyl (C=O) groups is 1. The molecule has 0 aliphatic carbocycles. The van der Waals surface area contributed by atoms with E-state index in [1.54, 1.807) is 0 Å². The maximum atomic E-state index is 11.4. The van der Waals surface area contributed by atoms with Crippen molar-refractivity contribution in [3.63, 3.8) is 0 Å². The predicted octanol–water partition coefficient (Wildman–Crippen LogP) is 2.35. The number of hydrogen-bond donors (Lipinski definition) is 2. The second-order valence-electron chi connectivity index (χ2n) is 2.87. The van der Waals surface area contributed by atoms with E-state index in [2.05, 4.69) is 0 Å². The molecule has 0 fully saturated rings. The lowest BCUT2D eigenvalue weighted by Gasteiger charge is -2.05. The lowest BCUT2D eigenvalue weighted by Crippen LogP contribution is -2.06. The van der Waals surface area contributed by atoms with Gasteiger partial charge >= 0.3 is 7.60 Å². The zero-order valence-corrected chi connectivity index (χ0v) is 9.76. The third kappa shape index (κ3) is 3.93. The summed E-state index contributed by atoms with van der Waals surface area (Å²) in [6, 6.07) is 4.11. The summed E-state index contributed by atoms with van der Waals surface area (Å²) < 4.78 is 10.6. The van der Waals surface area contributed by atoms with Gasteiger partial charge in [0.25, 0.3) is 0 Å². The third-order valence-corrected chi connectivity index (χ3v) is 2.83. The highest BCUT2D eigenvalue weighted by Gasteiger charge is 2.21. The molecule has 0 bridgehead atoms. The lowest BCUT2D eigenvalue weighted by molar-refractivity contribution is 0.101. The molecule has 0 unspecified atom stereocenters. The normalized spacial score (nSPS) is 11.5. The molecule has 0 spiro atoms. The first kappa shape index (κ1) is 12.7. The van der Waals surface area contributed by atoms with E-state index in [0.29, 0.717) is 5.02 Å². The van der Waals surface area contributed by atoms with Gasteiger partial charge in [-0.2, -0.15) is 0 Å². The largest absolute Gasteiger partial charge is 0.333 e. The molecule has 7 heteroatoms. The Labute approximate surface area is 96.0 Å². The summed E-state index contributed by atoms with van der Waals surface area (Å²) >= 11 is 11.3. The topological polar surface area (TPSA) is 74.6 Å². The van der Waals surface area contributed by atoms with E-state index in [9.17, 15) is 9.36 Å². The molecule has 0 amide bonds. The van der Waals surface area contributed by atoms with Gasteiger partial charge in [-0.15, -0.1) is 0 Å². The van der Waals surface area contributed by atoms with Crippen LogP contribution in [-0.4, -0.2) is 21.7 Å². The van der Waals surface area contributed by atoms with Gasteiger partial charge in [-0.1, -0.05) is 23.2 Å². The van der Waals surface area contributed by atoms with Gasteiger partial charge in [-0.3, -0.25) is 9.36 Å². The number of halogens is 2. The van der Waals surface area contributed by atoms with E-state index in [-0.39, 0.29) is 10.6 Å². The van der Waals surface area contributed by atoms with E-state index in [0.717, 1.165) is 0 Å². The Balaban J connectivity index is 2.97. The van der Waals surface area contributed by atoms with Crippen LogP contribution >= 0.6 is 30.8 Å². The van der Waals surface area contributed by atoms with Crippen molar-refractivity contribution in [3.05, 3.63) is 33.8 Å². The van der Waals surface area contributed by atoms with E-state index >= 15 is 0 Å². The zero-order valence-electron chi connectivity index (χ0n) is 7.35. The smallest absolute Gasteiger partial charge is 0.324 e. The van der Waals surface area contributed by atoms with Gasteiger partial charge in [-0.25, -0.2) is 0 Å². The average molecular weight is 269 g/mol. The Hall–Kier alpha value is -0.380. The zero-order chi connectivity index (χ0) is 11.6. The van der Waals surface area contributed by atoms with Gasteiger partial charge in [0.05, 0.1) is 5.02 Å². The fourth-order valence-electron chi connectivity index (χ4n) is 0.988. The molecule has 0 aromatic heterocycles. The van der Waals surface area contributed by atoms with Crippen LogP contribution < -0.4 is 0 Å². The van der Waals surface area contributed by atoms with Gasteiger partial charge in [0, 0.05) is 10.6 Å². The lowest BCUT2D eigenvalue weighted by atomic mass is 10.1. The summed E-state index contributed by atoms with van der Waals surface area (Å²) in [6.07, 6.45) is -0.853. The van der Waals surface area contributed by atoms with Crippen LogP contribution in [0.5, 0.6) is 0 Å². The second kappa shape index (κ2) is 4.64. The highest BCUT2D eigenvalue weighted by Crippen LogP contribution is 2.35. The predicted molar refractivity (Wildman–Crippen MR) is 57.7 cm³/mol. The summed E-state index contributed by atoms with van der Waals surface area (Å²) in [5.74, 6) is -0.704. The molecule has 1 aromatic rings. The highest BCUT2D eigenvalue weighted by atomic mass is 35.5. The molecule has 0 saturated heterocycles. The number of ketones is 1. The summed E-state index contributed by atoms with van der Waals surface area (Å²) in [5, 5.41) is 0.439. The fraction of sp³-hybridized carbons (Fsp3) is 0.125. The summed E-state index contributed by atoms with van der Waals surface area (Å²) in [5.41, 5.74) is 0.0596. The molecule has 0 heterocycles. The van der Waals surface area contributed by atoms with Crippen LogP contribution in [0.15, 0.2) is 18.2 Å². The minimum Gasteiger partial charge on any atom is -0.324 e. The first-order valence-electron chi connectivity index (χ1n) is 3.82. The quantitative estimate of drug-likeness (QED) is 0.652. The summed E-state index contributed by atoms with van der Waals surface area (Å²) in [7, 11) is -4.36. The Morgan fingerprint density at radius 2 is 1.93 bits per heavy atom. The second-order valence-corrected chi connectivity index (χ2v) is 5.36. The Kier molecular flexibility index (Phi) is 3.93. The number of rotatable bonds is 3. The number of carbonyl (C=O) groups excluding carboxylic acids is 1. The summed E-state index contributed by atoms with van der Waals surface area (Å²) in [6.45, 7) is 0. The van der Waals surface area contributed by atoms with Crippen LogP contribution in [0.4, 0.5) is 0 Å². The van der Waals surface area contributed by atoms with E-state index < -0.39 is 19.5 Å². The van der Waals surface area contributed by atoms with Crippen LogP contribution in [0, 0.1) is 0 Å². The maximum Gasteiger partial charge on any atom is 0.333 e. The maximum absolute atomic E-state index is 11.4. The van der Waals surface area contributed by atoms with Crippen molar-refractivity contribution in [3.8, 4) is 0 Å². The fourth-order valence-corrected chi connectivity index (χ4v) is 2.05. The molecule has 0 radical (unpaired) electrons. The molecule has 4 nitrogen and oxygen atoms in total. The van der Waals surface area contributed by atoms with Crippen molar-refractivity contribution < 1.29 is 19.1 Å². The average Bonchev–Trinajstić information content (AvgIpc) is 1.99. The molecular formula is C8H7Cl2O4P. The number of benzene rings is 1. The third-order valence-electron chi connectivity index (χ3n) is 1.58. The Bertz CT molecular complexity index is 440. The Morgan fingerprint density at radius 1 is 1.33 bits per heavy atom. The van der Waals surface area contributed by atoms with Crippen molar-refractivity contribution in [1.29, 1.82) is 0 Å². The molecule has 15 heavy (non-hydrogen) atoms. The standard InChI is InChI=1S/C8H7Cl2O4P/c9-5-1-2-6(7(10)3-5)8(11)4-15(12,13)14/h1-3H,4H2,(H2,12,13,14). The van der Waals surface area contributed by atoms with Gasteiger partial charge in [0.15, 0.2) is 5.78 Å². The minimum absolute atomic E-state index is 0.0596. The summed E-state index contributed by atoms with van der Waals surface area (Å²) in [4.78, 5) is 28.6. The molecular weight excluding hydrogens is 262 g/mol. The number of Topliss-reactive ketones (excluding diaryl/α,β-unsaturated/α-hetero) is 1. The monoisotopic (exact) mass is 268 g/mol. The van der Waals surface area contributed by atoms with Crippen LogP contribution in [0.25, 0.3) is 0 Å². The van der Waals surface area contributed by atoms with Gasteiger partial charge in [0.2, 0.25) is 0 Å². The van der Waals surface area contributed by atoms with Crippen molar-refractivity contribution >= 4 is 36.6 Å². The molecule has 0 aliphatic rings. The molecule has 2 N–H and O–H groups in total. The van der Waals surface area contributed by atoms with Crippen LogP contribution in [0.1, 0.15) is 10.4 Å². The SMILES string of the molecule is O=C(CP(=O)(O)O)c1ccc(Cl)cc1Cl. The highest BCUT2D eigenvalue weighted by molar-refractivity contribution is 7.52.